The minimum atomic E-state index is -1.25. The molecule has 0 saturated carbocycles. The molecule has 1 atom stereocenters. The van der Waals surface area contributed by atoms with Crippen molar-refractivity contribution in [2.24, 2.45) is 0 Å². The van der Waals surface area contributed by atoms with Crippen molar-refractivity contribution in [3.63, 3.8) is 0 Å². The molecule has 0 bridgehead atoms. The number of anilines is 1. The highest BCUT2D eigenvalue weighted by atomic mass is 16.6. The largest absolute Gasteiger partial charge is 0.486 e. The molecule has 0 aliphatic carbocycles. The molecule has 0 fully saturated rings. The molecule has 170 valence electrons. The highest BCUT2D eigenvalue weighted by molar-refractivity contribution is 6.24. The molecule has 2 aromatic rings. The van der Waals surface area contributed by atoms with Crippen LogP contribution in [0.3, 0.4) is 0 Å². The first kappa shape index (κ1) is 21.7. The molecule has 4 rings (SSSR count). The Bertz CT molecular complexity index is 1190. The number of fused-ring (bicyclic) bond motifs is 2. The molecule has 12 heteroatoms. The van der Waals surface area contributed by atoms with E-state index in [-0.39, 0.29) is 11.1 Å². The van der Waals surface area contributed by atoms with Crippen molar-refractivity contribution in [3.8, 4) is 11.5 Å². The summed E-state index contributed by atoms with van der Waals surface area (Å²) in [6.45, 7) is 1.31. The Balaban J connectivity index is 1.38. The fraction of sp³-hybridized carbons (Fsp3) is 0.238. The van der Waals surface area contributed by atoms with Gasteiger partial charge in [-0.25, -0.2) is 0 Å². The van der Waals surface area contributed by atoms with Gasteiger partial charge in [0.15, 0.2) is 17.6 Å². The number of ether oxygens (including phenoxy) is 3. The molecule has 1 N–H and O–H groups in total. The minimum absolute atomic E-state index is 0.175. The third-order valence-electron chi connectivity index (χ3n) is 4.95. The predicted octanol–water partition coefficient (Wildman–Crippen LogP) is 1.53. The topological polar surface area (TPSA) is 154 Å². The van der Waals surface area contributed by atoms with Crippen molar-refractivity contribution in [1.29, 1.82) is 0 Å². The lowest BCUT2D eigenvalue weighted by Crippen LogP contribution is -2.38. The first-order valence-corrected chi connectivity index (χ1v) is 9.80. The summed E-state index contributed by atoms with van der Waals surface area (Å²) in [6.07, 6.45) is -1.25. The van der Waals surface area contributed by atoms with Gasteiger partial charge in [0.05, 0.1) is 10.5 Å². The van der Waals surface area contributed by atoms with E-state index in [0.29, 0.717) is 35.3 Å². The van der Waals surface area contributed by atoms with Gasteiger partial charge in [-0.1, -0.05) is 6.07 Å². The minimum Gasteiger partial charge on any atom is -0.486 e. The summed E-state index contributed by atoms with van der Waals surface area (Å²) >= 11 is 0. The lowest BCUT2D eigenvalue weighted by atomic mass is 10.1. The van der Waals surface area contributed by atoms with Crippen LogP contribution >= 0.6 is 0 Å². The van der Waals surface area contributed by atoms with Crippen LogP contribution in [0.5, 0.6) is 11.5 Å². The summed E-state index contributed by atoms with van der Waals surface area (Å²) < 4.78 is 15.9. The second-order valence-corrected chi connectivity index (χ2v) is 7.13. The average Bonchev–Trinajstić information content (AvgIpc) is 3.03. The Labute approximate surface area is 186 Å². The highest BCUT2D eigenvalue weighted by Gasteiger charge is 2.42. The Hall–Kier alpha value is -4.48. The molecule has 2 aliphatic heterocycles. The Kier molecular flexibility index (Phi) is 5.65. The molecular weight excluding hydrogens is 438 g/mol. The van der Waals surface area contributed by atoms with Crippen LogP contribution in [0.25, 0.3) is 0 Å². The number of nitro groups is 1. The second kappa shape index (κ2) is 8.57. The van der Waals surface area contributed by atoms with E-state index < -0.39 is 47.0 Å². The molecule has 0 aromatic heterocycles. The zero-order valence-electron chi connectivity index (χ0n) is 17.2. The third kappa shape index (κ3) is 4.18. The summed E-state index contributed by atoms with van der Waals surface area (Å²) in [6, 6.07) is 8.40. The van der Waals surface area contributed by atoms with Crippen molar-refractivity contribution in [3.05, 3.63) is 57.6 Å². The Morgan fingerprint density at radius 1 is 1.15 bits per heavy atom. The van der Waals surface area contributed by atoms with Gasteiger partial charge in [0.2, 0.25) is 0 Å². The number of carbonyl (C=O) groups excluding carboxylic acids is 4. The van der Waals surface area contributed by atoms with Crippen molar-refractivity contribution < 1.29 is 38.3 Å². The smallest absolute Gasteiger partial charge is 0.326 e. The van der Waals surface area contributed by atoms with Crippen LogP contribution in [0.15, 0.2) is 36.4 Å². The molecule has 2 heterocycles. The van der Waals surface area contributed by atoms with Gasteiger partial charge in [-0.3, -0.25) is 34.2 Å². The lowest BCUT2D eigenvalue weighted by Gasteiger charge is -2.20. The van der Waals surface area contributed by atoms with Gasteiger partial charge in [-0.2, -0.15) is 0 Å². The van der Waals surface area contributed by atoms with E-state index in [1.54, 1.807) is 18.2 Å². The number of carbonyl (C=O) groups is 4. The molecular formula is C21H17N3O9. The van der Waals surface area contributed by atoms with Crippen LogP contribution in [0.1, 0.15) is 27.6 Å². The zero-order chi connectivity index (χ0) is 23.7. The van der Waals surface area contributed by atoms with E-state index in [1.165, 1.54) is 19.1 Å². The van der Waals surface area contributed by atoms with Gasteiger partial charge in [0.25, 0.3) is 23.4 Å². The lowest BCUT2D eigenvalue weighted by molar-refractivity contribution is -0.385. The molecule has 12 nitrogen and oxygen atoms in total. The molecule has 2 aromatic carbocycles. The van der Waals surface area contributed by atoms with E-state index in [4.69, 9.17) is 14.2 Å². The van der Waals surface area contributed by atoms with E-state index in [0.717, 1.165) is 6.07 Å². The van der Waals surface area contributed by atoms with Crippen molar-refractivity contribution >= 4 is 35.1 Å². The second-order valence-electron chi connectivity index (χ2n) is 7.13. The van der Waals surface area contributed by atoms with Crippen LogP contribution in [0.4, 0.5) is 11.4 Å². The van der Waals surface area contributed by atoms with Gasteiger partial charge in [-0.05, 0) is 25.1 Å². The number of nitro benzene ring substituents is 1. The van der Waals surface area contributed by atoms with Crippen LogP contribution in [0.2, 0.25) is 0 Å². The van der Waals surface area contributed by atoms with Crippen LogP contribution in [0, 0.1) is 10.1 Å². The molecule has 2 aliphatic rings. The number of benzene rings is 2. The zero-order valence-corrected chi connectivity index (χ0v) is 17.2. The monoisotopic (exact) mass is 455 g/mol. The standard InChI is InChI=1S/C21H17N3O9/c1-11(19(26)22-12-5-6-15-16(9-12)32-8-7-31-15)33-17(25)10-23-20(27)13-3-2-4-14(24(29)30)18(13)21(23)28/h2-6,9,11H,7-8,10H2,1H3,(H,22,26)/t11-/m0/s1. The number of rotatable bonds is 6. The summed E-state index contributed by atoms with van der Waals surface area (Å²) in [7, 11) is 0. The maximum atomic E-state index is 12.5. The molecule has 0 unspecified atom stereocenters. The van der Waals surface area contributed by atoms with Gasteiger partial charge in [0.1, 0.15) is 25.3 Å². The van der Waals surface area contributed by atoms with Gasteiger partial charge < -0.3 is 19.5 Å². The number of esters is 1. The molecule has 0 saturated heterocycles. The Morgan fingerprint density at radius 2 is 1.88 bits per heavy atom. The fourth-order valence-electron chi connectivity index (χ4n) is 3.39. The SMILES string of the molecule is C[C@H](OC(=O)CN1C(=O)c2cccc([N+](=O)[O-])c2C1=O)C(=O)Nc1ccc2c(c1)OCCO2. The maximum Gasteiger partial charge on any atom is 0.326 e. The molecule has 0 spiro atoms. The molecule has 33 heavy (non-hydrogen) atoms. The molecule has 0 radical (unpaired) electrons. The van der Waals surface area contributed by atoms with Gasteiger partial charge >= 0.3 is 5.97 Å². The van der Waals surface area contributed by atoms with Crippen molar-refractivity contribution in [2.75, 3.05) is 25.1 Å². The first-order chi connectivity index (χ1) is 15.8. The summed E-state index contributed by atoms with van der Waals surface area (Å²) in [5.74, 6) is -2.52. The summed E-state index contributed by atoms with van der Waals surface area (Å²) in [5, 5.41) is 13.7. The van der Waals surface area contributed by atoms with Crippen molar-refractivity contribution in [2.45, 2.75) is 13.0 Å². The van der Waals surface area contributed by atoms with E-state index >= 15 is 0 Å². The predicted molar refractivity (Wildman–Crippen MR) is 110 cm³/mol. The van der Waals surface area contributed by atoms with E-state index in [9.17, 15) is 29.3 Å². The third-order valence-corrected chi connectivity index (χ3v) is 4.95. The maximum absolute atomic E-state index is 12.5. The number of hydrogen-bond donors (Lipinski definition) is 1. The Morgan fingerprint density at radius 3 is 2.61 bits per heavy atom. The fourth-order valence-corrected chi connectivity index (χ4v) is 3.39. The summed E-state index contributed by atoms with van der Waals surface area (Å²) in [5.41, 5.74) is -0.704. The van der Waals surface area contributed by atoms with E-state index in [1.807, 2.05) is 0 Å². The normalized spacial score (nSPS) is 15.0. The molecule has 3 amide bonds. The number of nitrogens with one attached hydrogen (secondary N) is 1. The number of nitrogens with zero attached hydrogens (tertiary/aromatic N) is 2. The average molecular weight is 455 g/mol. The highest BCUT2D eigenvalue weighted by Crippen LogP contribution is 2.33. The van der Waals surface area contributed by atoms with Crippen LogP contribution < -0.4 is 14.8 Å². The summed E-state index contributed by atoms with van der Waals surface area (Å²) in [4.78, 5) is 60.6. The van der Waals surface area contributed by atoms with Gasteiger partial charge in [-0.15, -0.1) is 0 Å². The number of amides is 3. The van der Waals surface area contributed by atoms with Gasteiger partial charge in [0, 0.05) is 17.8 Å². The van der Waals surface area contributed by atoms with Crippen LogP contribution in [-0.4, -0.2) is 59.4 Å². The number of hydrogen-bond acceptors (Lipinski definition) is 9. The quantitative estimate of drug-likeness (QED) is 0.295. The van der Waals surface area contributed by atoms with Crippen molar-refractivity contribution in [1.82, 2.24) is 4.90 Å². The first-order valence-electron chi connectivity index (χ1n) is 9.80. The van der Waals surface area contributed by atoms with Crippen LogP contribution in [-0.2, 0) is 14.3 Å². The van der Waals surface area contributed by atoms with E-state index in [2.05, 4.69) is 5.32 Å². The number of imide groups is 1.